The molecule has 3 heterocycles. The van der Waals surface area contributed by atoms with Gasteiger partial charge in [0.15, 0.2) is 10.8 Å². The highest BCUT2D eigenvalue weighted by Crippen LogP contribution is 2.16. The van der Waals surface area contributed by atoms with Crippen LogP contribution in [0.5, 0.6) is 0 Å². The first-order valence-corrected chi connectivity index (χ1v) is 8.23. The van der Waals surface area contributed by atoms with Gasteiger partial charge in [0.1, 0.15) is 11.5 Å². The molecule has 0 bridgehead atoms. The molecule has 0 unspecified atom stereocenters. The van der Waals surface area contributed by atoms with Crippen LogP contribution in [-0.4, -0.2) is 40.1 Å². The third kappa shape index (κ3) is 5.74. The summed E-state index contributed by atoms with van der Waals surface area (Å²) < 4.78 is 17.7. The Labute approximate surface area is 142 Å². The Hall–Kier alpha value is -2.26. The van der Waals surface area contributed by atoms with Gasteiger partial charge in [-0.3, -0.25) is 14.9 Å². The fourth-order valence-corrected chi connectivity index (χ4v) is 2.41. The number of carbonyl (C=O) groups excluding carboxylic acids is 2. The lowest BCUT2D eigenvalue weighted by Crippen LogP contribution is -2.13. The number of pyridine rings is 1. The highest BCUT2D eigenvalue weighted by molar-refractivity contribution is 7.17. The summed E-state index contributed by atoms with van der Waals surface area (Å²) in [7, 11) is 0. The van der Waals surface area contributed by atoms with Crippen molar-refractivity contribution in [1.29, 1.82) is 0 Å². The molecular weight excluding hydrogens is 335 g/mol. The van der Waals surface area contributed by atoms with E-state index in [1.807, 2.05) is 0 Å². The summed E-state index contributed by atoms with van der Waals surface area (Å²) in [5.41, 5.74) is 0.0518. The minimum atomic E-state index is -0.541. The van der Waals surface area contributed by atoms with Crippen LogP contribution >= 0.6 is 11.3 Å². The molecule has 1 aliphatic heterocycles. The van der Waals surface area contributed by atoms with Gasteiger partial charge in [0.05, 0.1) is 6.20 Å². The fraction of sp³-hybridized carbons (Fsp3) is 0.400. The van der Waals surface area contributed by atoms with Crippen molar-refractivity contribution in [2.45, 2.75) is 26.2 Å². The molecule has 1 aliphatic rings. The lowest BCUT2D eigenvalue weighted by Gasteiger charge is -2.08. The first-order chi connectivity index (χ1) is 11.6. The number of nitrogens with one attached hydrogen (secondary N) is 1. The molecule has 1 amide bonds. The Balaban J connectivity index is 0.000000292. The van der Waals surface area contributed by atoms with E-state index in [2.05, 4.69) is 20.5 Å². The summed E-state index contributed by atoms with van der Waals surface area (Å²) >= 11 is 0.962. The molecule has 0 saturated carbocycles. The van der Waals surface area contributed by atoms with E-state index in [1.165, 1.54) is 32.3 Å². The summed E-state index contributed by atoms with van der Waals surface area (Å²) in [6, 6.07) is 2.38. The quantitative estimate of drug-likeness (QED) is 0.854. The van der Waals surface area contributed by atoms with Crippen molar-refractivity contribution in [1.82, 2.24) is 15.2 Å². The minimum Gasteiger partial charge on any atom is -0.381 e. The molecule has 1 saturated heterocycles. The molecule has 0 spiro atoms. The normalized spacial score (nSPS) is 13.6. The third-order valence-electron chi connectivity index (χ3n) is 2.98. The van der Waals surface area contributed by atoms with E-state index in [9.17, 15) is 14.0 Å². The third-order valence-corrected chi connectivity index (χ3v) is 3.92. The van der Waals surface area contributed by atoms with Crippen molar-refractivity contribution >= 4 is 28.2 Å². The van der Waals surface area contributed by atoms with Crippen LogP contribution < -0.4 is 5.32 Å². The molecule has 7 nitrogen and oxygen atoms in total. The smallest absolute Gasteiger partial charge is 0.276 e. The number of anilines is 1. The van der Waals surface area contributed by atoms with E-state index in [0.717, 1.165) is 36.8 Å². The Morgan fingerprint density at radius 2 is 1.96 bits per heavy atom. The number of nitrogens with zero attached hydrogens (tertiary/aromatic N) is 3. The fourth-order valence-electron chi connectivity index (χ4n) is 1.77. The van der Waals surface area contributed by atoms with Gasteiger partial charge in [-0.15, -0.1) is 10.2 Å². The number of amides is 1. The second kappa shape index (κ2) is 9.14. The molecule has 0 radical (unpaired) electrons. The summed E-state index contributed by atoms with van der Waals surface area (Å²) in [6.07, 6.45) is 4.87. The molecule has 24 heavy (non-hydrogen) atoms. The predicted molar refractivity (Wildman–Crippen MR) is 86.7 cm³/mol. The van der Waals surface area contributed by atoms with E-state index in [4.69, 9.17) is 4.74 Å². The lowest BCUT2D eigenvalue weighted by atomic mass is 10.2. The lowest BCUT2D eigenvalue weighted by molar-refractivity contribution is 0.0968. The van der Waals surface area contributed by atoms with Gasteiger partial charge >= 0.3 is 0 Å². The van der Waals surface area contributed by atoms with E-state index in [-0.39, 0.29) is 21.6 Å². The Kier molecular flexibility index (Phi) is 6.89. The van der Waals surface area contributed by atoms with Crippen molar-refractivity contribution in [2.75, 3.05) is 18.5 Å². The Morgan fingerprint density at radius 3 is 2.42 bits per heavy atom. The number of carbonyl (C=O) groups is 2. The zero-order valence-electron chi connectivity index (χ0n) is 13.1. The van der Waals surface area contributed by atoms with Crippen molar-refractivity contribution in [3.8, 4) is 0 Å². The largest absolute Gasteiger partial charge is 0.381 e. The maximum Gasteiger partial charge on any atom is 0.276 e. The van der Waals surface area contributed by atoms with E-state index in [0.29, 0.717) is 0 Å². The van der Waals surface area contributed by atoms with Crippen molar-refractivity contribution < 1.29 is 18.7 Å². The second-order valence-electron chi connectivity index (χ2n) is 4.96. The van der Waals surface area contributed by atoms with Crippen LogP contribution in [0.15, 0.2) is 18.3 Å². The second-order valence-corrected chi connectivity index (χ2v) is 5.93. The summed E-state index contributed by atoms with van der Waals surface area (Å²) in [5, 5.41) is 10.1. The maximum absolute atomic E-state index is 12.6. The molecule has 2 aromatic rings. The van der Waals surface area contributed by atoms with E-state index < -0.39 is 11.7 Å². The molecule has 2 aromatic heterocycles. The van der Waals surface area contributed by atoms with Crippen LogP contribution in [0.4, 0.5) is 9.52 Å². The zero-order valence-corrected chi connectivity index (χ0v) is 13.9. The van der Waals surface area contributed by atoms with Gasteiger partial charge in [-0.05, 0) is 31.4 Å². The van der Waals surface area contributed by atoms with Crippen LogP contribution in [0, 0.1) is 5.82 Å². The number of ether oxygens (including phenoxy) is 1. The van der Waals surface area contributed by atoms with Gasteiger partial charge in [0.2, 0.25) is 5.13 Å². The summed E-state index contributed by atoms with van der Waals surface area (Å²) in [6.45, 7) is 3.35. The molecule has 1 N–H and O–H groups in total. The number of aromatic nitrogens is 3. The van der Waals surface area contributed by atoms with Gasteiger partial charge in [-0.25, -0.2) is 9.37 Å². The van der Waals surface area contributed by atoms with Crippen LogP contribution in [0.1, 0.15) is 46.5 Å². The van der Waals surface area contributed by atoms with Crippen molar-refractivity contribution in [3.63, 3.8) is 0 Å². The highest BCUT2D eigenvalue weighted by Gasteiger charge is 2.13. The molecule has 0 aromatic carbocycles. The first kappa shape index (κ1) is 18.1. The number of rotatable bonds is 3. The van der Waals surface area contributed by atoms with Crippen LogP contribution in [0.2, 0.25) is 0 Å². The molecule has 128 valence electrons. The Bertz CT molecular complexity index is 675. The van der Waals surface area contributed by atoms with Crippen molar-refractivity contribution in [2.24, 2.45) is 0 Å². The minimum absolute atomic E-state index is 0.0518. The summed E-state index contributed by atoms with van der Waals surface area (Å²) in [5.74, 6) is -1.30. The molecule has 0 atom stereocenters. The molecule has 9 heteroatoms. The first-order valence-electron chi connectivity index (χ1n) is 7.41. The van der Waals surface area contributed by atoms with Gasteiger partial charge in [-0.2, -0.15) is 0 Å². The van der Waals surface area contributed by atoms with Crippen LogP contribution in [0.25, 0.3) is 0 Å². The molecule has 0 aliphatic carbocycles. The average Bonchev–Trinajstić information content (AvgIpc) is 3.06. The van der Waals surface area contributed by atoms with Gasteiger partial charge in [0.25, 0.3) is 5.91 Å². The van der Waals surface area contributed by atoms with Gasteiger partial charge in [-0.1, -0.05) is 11.3 Å². The average molecular weight is 352 g/mol. The molecular formula is C15H17FN4O3S. The highest BCUT2D eigenvalue weighted by atomic mass is 32.1. The maximum atomic E-state index is 12.6. The standard InChI is InChI=1S/C10H7FN4O2S.C5H10O/c1-5(16)9-14-15-10(18-9)13-8(17)7-3-2-6(11)4-12-7;1-2-4-6-5-3-1/h2-4H,1H3,(H,13,15,17);1-5H2. The Morgan fingerprint density at radius 1 is 1.21 bits per heavy atom. The predicted octanol–water partition coefficient (Wildman–Crippen LogP) is 2.71. The van der Waals surface area contributed by atoms with Crippen LogP contribution in [-0.2, 0) is 4.74 Å². The number of halogens is 1. The molecule has 3 rings (SSSR count). The van der Waals surface area contributed by atoms with Gasteiger partial charge < -0.3 is 4.74 Å². The van der Waals surface area contributed by atoms with Gasteiger partial charge in [0, 0.05) is 20.1 Å². The molecule has 1 fully saturated rings. The number of Topliss-reactive ketones (excluding diaryl/α,β-unsaturated/α-hetero) is 1. The monoisotopic (exact) mass is 352 g/mol. The number of hydrogen-bond donors (Lipinski definition) is 1. The number of ketones is 1. The van der Waals surface area contributed by atoms with Crippen LogP contribution in [0.3, 0.4) is 0 Å². The van der Waals surface area contributed by atoms with E-state index in [1.54, 1.807) is 0 Å². The number of hydrogen-bond acceptors (Lipinski definition) is 7. The SMILES string of the molecule is C1CCOCC1.CC(=O)c1nnc(NC(=O)c2ccc(F)cn2)s1. The van der Waals surface area contributed by atoms with Crippen molar-refractivity contribution in [3.05, 3.63) is 34.8 Å². The summed E-state index contributed by atoms with van der Waals surface area (Å²) in [4.78, 5) is 26.3. The topological polar surface area (TPSA) is 94.1 Å². The van der Waals surface area contributed by atoms with E-state index >= 15 is 0 Å². The zero-order chi connectivity index (χ0) is 17.4.